The van der Waals surface area contributed by atoms with Crippen LogP contribution in [0.1, 0.15) is 52.7 Å². The van der Waals surface area contributed by atoms with Gasteiger partial charge in [-0.15, -0.1) is 0 Å². The predicted octanol–water partition coefficient (Wildman–Crippen LogP) is 3.64. The summed E-state index contributed by atoms with van der Waals surface area (Å²) in [6.45, 7) is 12.9. The van der Waals surface area contributed by atoms with Crippen LogP contribution in [0.25, 0.3) is 0 Å². The van der Waals surface area contributed by atoms with Gasteiger partial charge in [0, 0.05) is 11.3 Å². The van der Waals surface area contributed by atoms with Gasteiger partial charge in [-0.25, -0.2) is 19.6 Å². The van der Waals surface area contributed by atoms with E-state index in [1.807, 2.05) is 66.7 Å². The van der Waals surface area contributed by atoms with Crippen molar-refractivity contribution in [3.63, 3.8) is 0 Å². The first-order valence-corrected chi connectivity index (χ1v) is 8.03. The molecule has 0 saturated carbocycles. The molecular formula is C18H27NO5. The van der Waals surface area contributed by atoms with Gasteiger partial charge in [0.05, 0.1) is 11.2 Å². The molecule has 1 aromatic rings. The fourth-order valence-electron chi connectivity index (χ4n) is 2.19. The van der Waals surface area contributed by atoms with Crippen molar-refractivity contribution >= 4 is 11.6 Å². The summed E-state index contributed by atoms with van der Waals surface area (Å²) in [5.74, 6) is -0.343. The van der Waals surface area contributed by atoms with Gasteiger partial charge in [0.25, 0.3) is 5.91 Å². The number of carbonyl (C=O) groups excluding carboxylic acids is 1. The number of hydrogen-bond donors (Lipinski definition) is 1. The molecule has 1 heterocycles. The van der Waals surface area contributed by atoms with E-state index in [9.17, 15) is 4.79 Å². The van der Waals surface area contributed by atoms with Crippen molar-refractivity contribution in [1.29, 1.82) is 0 Å². The van der Waals surface area contributed by atoms with E-state index in [2.05, 4.69) is 5.32 Å². The van der Waals surface area contributed by atoms with Crippen molar-refractivity contribution in [3.05, 3.63) is 29.3 Å². The minimum Gasteiger partial charge on any atom is -0.323 e. The van der Waals surface area contributed by atoms with Crippen LogP contribution in [-0.2, 0) is 29.9 Å². The van der Waals surface area contributed by atoms with Gasteiger partial charge >= 0.3 is 0 Å². The van der Waals surface area contributed by atoms with E-state index in [4.69, 9.17) is 19.6 Å². The smallest absolute Gasteiger partial charge is 0.267 e. The minimum absolute atomic E-state index is 0.123. The lowest BCUT2D eigenvalue weighted by atomic mass is 9.95. The molecule has 6 nitrogen and oxygen atoms in total. The molecule has 1 aliphatic rings. The largest absolute Gasteiger partial charge is 0.323 e. The summed E-state index contributed by atoms with van der Waals surface area (Å²) in [5, 5.41) is 2.83. The number of nitrogens with one attached hydrogen (secondary N) is 1. The molecule has 0 aliphatic carbocycles. The summed E-state index contributed by atoms with van der Waals surface area (Å²) >= 11 is 0. The quantitative estimate of drug-likeness (QED) is 0.656. The zero-order chi connectivity index (χ0) is 18.2. The van der Waals surface area contributed by atoms with Crippen molar-refractivity contribution in [2.24, 2.45) is 0 Å². The topological polar surface area (TPSA) is 66.0 Å². The molecule has 0 aromatic heterocycles. The number of amides is 1. The second-order valence-corrected chi connectivity index (χ2v) is 8.07. The molecule has 0 saturated heterocycles. The van der Waals surface area contributed by atoms with Crippen molar-refractivity contribution in [1.82, 2.24) is 0 Å². The molecule has 1 aliphatic heterocycles. The zero-order valence-corrected chi connectivity index (χ0v) is 15.5. The Kier molecular flexibility index (Phi) is 5.06. The molecule has 2 rings (SSSR count). The Balaban J connectivity index is 2.31. The summed E-state index contributed by atoms with van der Waals surface area (Å²) in [6, 6.07) is 5.65. The Morgan fingerprint density at radius 3 is 2.25 bits per heavy atom. The Hall–Kier alpha value is -1.47. The molecule has 0 radical (unpaired) electrons. The fraction of sp³-hybridized carbons (Fsp3) is 0.611. The second kappa shape index (κ2) is 6.44. The third kappa shape index (κ3) is 4.33. The average molecular weight is 337 g/mol. The standard InChI is InChI=1S/C18H27NO5/c1-12-8-9-13-14(10-12)19-15(20)18(13,24-23-17(5,6)7)11-21-22-16(2,3)4/h8-10H,11H2,1-7H3,(H,19,20). The van der Waals surface area contributed by atoms with Crippen LogP contribution in [-0.4, -0.2) is 23.7 Å². The molecular weight excluding hydrogens is 310 g/mol. The van der Waals surface area contributed by atoms with E-state index >= 15 is 0 Å². The number of anilines is 1. The van der Waals surface area contributed by atoms with Gasteiger partial charge in [-0.2, -0.15) is 0 Å². The average Bonchev–Trinajstić information content (AvgIpc) is 2.66. The number of hydrogen-bond acceptors (Lipinski definition) is 5. The summed E-state index contributed by atoms with van der Waals surface area (Å²) in [5.41, 5.74) is -0.102. The van der Waals surface area contributed by atoms with E-state index in [1.54, 1.807) is 0 Å². The van der Waals surface area contributed by atoms with Crippen molar-refractivity contribution < 1.29 is 24.3 Å². The Labute approximate surface area is 143 Å². The third-order valence-electron chi connectivity index (χ3n) is 3.23. The molecule has 6 heteroatoms. The molecule has 24 heavy (non-hydrogen) atoms. The maximum Gasteiger partial charge on any atom is 0.267 e. The van der Waals surface area contributed by atoms with Crippen LogP contribution in [0.5, 0.6) is 0 Å². The van der Waals surface area contributed by atoms with E-state index < -0.39 is 16.8 Å². The number of fused-ring (bicyclic) bond motifs is 1. The molecule has 0 bridgehead atoms. The van der Waals surface area contributed by atoms with Crippen LogP contribution in [0.2, 0.25) is 0 Å². The van der Waals surface area contributed by atoms with E-state index in [0.29, 0.717) is 11.3 Å². The molecule has 134 valence electrons. The molecule has 0 fully saturated rings. The lowest BCUT2D eigenvalue weighted by Gasteiger charge is -2.30. The Morgan fingerprint density at radius 2 is 1.67 bits per heavy atom. The van der Waals surface area contributed by atoms with Gasteiger partial charge in [0.2, 0.25) is 5.60 Å². The highest BCUT2D eigenvalue weighted by Crippen LogP contribution is 2.41. The van der Waals surface area contributed by atoms with E-state index in [0.717, 1.165) is 5.56 Å². The van der Waals surface area contributed by atoms with Crippen molar-refractivity contribution in [2.75, 3.05) is 11.9 Å². The SMILES string of the molecule is Cc1ccc2c(c1)NC(=O)C2(COOC(C)(C)C)OOC(C)(C)C. The first kappa shape index (κ1) is 18.9. The number of rotatable bonds is 5. The number of aryl methyl sites for hydroxylation is 1. The maximum atomic E-state index is 12.7. The Bertz CT molecular complexity index is 615. The van der Waals surface area contributed by atoms with Gasteiger partial charge in [0.15, 0.2) is 0 Å². The summed E-state index contributed by atoms with van der Waals surface area (Å²) in [7, 11) is 0. The van der Waals surface area contributed by atoms with Crippen LogP contribution < -0.4 is 5.32 Å². The monoisotopic (exact) mass is 337 g/mol. The maximum absolute atomic E-state index is 12.7. The van der Waals surface area contributed by atoms with Crippen LogP contribution in [0.4, 0.5) is 5.69 Å². The van der Waals surface area contributed by atoms with E-state index in [1.165, 1.54) is 0 Å². The normalized spacial score (nSPS) is 20.9. The highest BCUT2D eigenvalue weighted by molar-refractivity contribution is 6.05. The fourth-order valence-corrected chi connectivity index (χ4v) is 2.19. The third-order valence-corrected chi connectivity index (χ3v) is 3.23. The number of carbonyl (C=O) groups is 1. The molecule has 1 aromatic carbocycles. The summed E-state index contributed by atoms with van der Waals surface area (Å²) in [6.07, 6.45) is 0. The highest BCUT2D eigenvalue weighted by atomic mass is 17.2. The van der Waals surface area contributed by atoms with Crippen LogP contribution in [0, 0.1) is 6.92 Å². The zero-order valence-electron chi connectivity index (χ0n) is 15.5. The first-order valence-electron chi connectivity index (χ1n) is 8.03. The van der Waals surface area contributed by atoms with E-state index in [-0.39, 0.29) is 12.5 Å². The van der Waals surface area contributed by atoms with Gasteiger partial charge in [-0.1, -0.05) is 12.1 Å². The second-order valence-electron chi connectivity index (χ2n) is 8.07. The first-order chi connectivity index (χ1) is 10.9. The molecule has 0 spiro atoms. The van der Waals surface area contributed by atoms with Crippen molar-refractivity contribution in [3.8, 4) is 0 Å². The highest BCUT2D eigenvalue weighted by Gasteiger charge is 2.51. The van der Waals surface area contributed by atoms with Gasteiger partial charge in [0.1, 0.15) is 6.61 Å². The van der Waals surface area contributed by atoms with Crippen LogP contribution in [0.3, 0.4) is 0 Å². The lowest BCUT2D eigenvalue weighted by molar-refractivity contribution is -0.431. The minimum atomic E-state index is -1.42. The summed E-state index contributed by atoms with van der Waals surface area (Å²) < 4.78 is 0. The lowest BCUT2D eigenvalue weighted by Crippen LogP contribution is -2.44. The molecule has 1 unspecified atom stereocenters. The molecule has 1 amide bonds. The van der Waals surface area contributed by atoms with Gasteiger partial charge in [-0.3, -0.25) is 4.79 Å². The van der Waals surface area contributed by atoms with Crippen LogP contribution >= 0.6 is 0 Å². The predicted molar refractivity (Wildman–Crippen MR) is 90.2 cm³/mol. The van der Waals surface area contributed by atoms with Gasteiger partial charge in [-0.05, 0) is 60.1 Å². The van der Waals surface area contributed by atoms with Gasteiger partial charge < -0.3 is 5.32 Å². The van der Waals surface area contributed by atoms with Crippen molar-refractivity contribution in [2.45, 2.75) is 65.3 Å². The molecule has 1 atom stereocenters. The summed E-state index contributed by atoms with van der Waals surface area (Å²) in [4.78, 5) is 34.4. The molecule has 1 N–H and O–H groups in total. The van der Waals surface area contributed by atoms with Crippen LogP contribution in [0.15, 0.2) is 18.2 Å². The Morgan fingerprint density at radius 1 is 1.04 bits per heavy atom. The number of benzene rings is 1.